The van der Waals surface area contributed by atoms with Crippen LogP contribution in [0, 0.1) is 5.95 Å². The van der Waals surface area contributed by atoms with Gasteiger partial charge >= 0.3 is 0 Å². The van der Waals surface area contributed by atoms with E-state index in [2.05, 4.69) is 41.5 Å². The lowest BCUT2D eigenvalue weighted by molar-refractivity contribution is 0.193. The van der Waals surface area contributed by atoms with Crippen LogP contribution in [0.2, 0.25) is 0 Å². The zero-order valence-corrected chi connectivity index (χ0v) is 15.2. The SMILES string of the molecule is C[C@@H](Cn1cnnn1)Oc1cccc(-c2ccn3nc(F)c(Br)c3n2)c1. The number of nitrogens with zero attached hydrogens (tertiary/aromatic N) is 7. The van der Waals surface area contributed by atoms with Crippen LogP contribution in [0.15, 0.2) is 47.3 Å². The van der Waals surface area contributed by atoms with Gasteiger partial charge in [0.1, 0.15) is 22.7 Å². The van der Waals surface area contributed by atoms with Crippen molar-refractivity contribution >= 4 is 21.6 Å². The third kappa shape index (κ3) is 3.27. The molecular formula is C16H13BrFN7O. The molecule has 3 heterocycles. The van der Waals surface area contributed by atoms with Crippen LogP contribution >= 0.6 is 15.9 Å². The first-order valence-corrected chi connectivity index (χ1v) is 8.58. The van der Waals surface area contributed by atoms with Crippen LogP contribution in [-0.2, 0) is 6.54 Å². The van der Waals surface area contributed by atoms with Gasteiger partial charge in [-0.25, -0.2) is 14.2 Å². The maximum Gasteiger partial charge on any atom is 0.249 e. The second-order valence-electron chi connectivity index (χ2n) is 5.67. The lowest BCUT2D eigenvalue weighted by atomic mass is 10.1. The number of aromatic nitrogens is 7. The maximum atomic E-state index is 13.6. The van der Waals surface area contributed by atoms with Gasteiger partial charge in [0.05, 0.1) is 12.2 Å². The zero-order chi connectivity index (χ0) is 18.1. The molecule has 0 radical (unpaired) electrons. The molecule has 0 aliphatic carbocycles. The summed E-state index contributed by atoms with van der Waals surface area (Å²) in [6, 6.07) is 9.32. The smallest absolute Gasteiger partial charge is 0.249 e. The normalized spacial score (nSPS) is 12.4. The Morgan fingerprint density at radius 2 is 2.19 bits per heavy atom. The minimum atomic E-state index is -0.594. The van der Waals surface area contributed by atoms with Crippen molar-refractivity contribution in [1.29, 1.82) is 0 Å². The van der Waals surface area contributed by atoms with Gasteiger partial charge in [-0.15, -0.1) is 10.2 Å². The molecule has 3 aromatic heterocycles. The minimum Gasteiger partial charge on any atom is -0.489 e. The van der Waals surface area contributed by atoms with E-state index in [9.17, 15) is 4.39 Å². The topological polar surface area (TPSA) is 83.0 Å². The third-order valence-corrected chi connectivity index (χ3v) is 4.37. The van der Waals surface area contributed by atoms with E-state index in [0.717, 1.165) is 5.56 Å². The fourth-order valence-corrected chi connectivity index (χ4v) is 2.91. The number of tetrazole rings is 1. The summed E-state index contributed by atoms with van der Waals surface area (Å²) in [5.41, 5.74) is 1.96. The highest BCUT2D eigenvalue weighted by molar-refractivity contribution is 9.10. The Morgan fingerprint density at radius 3 is 3.00 bits per heavy atom. The molecule has 8 nitrogen and oxygen atoms in total. The third-order valence-electron chi connectivity index (χ3n) is 3.69. The number of ether oxygens (including phenoxy) is 1. The number of benzene rings is 1. The monoisotopic (exact) mass is 417 g/mol. The second kappa shape index (κ2) is 6.79. The molecule has 0 amide bonds. The summed E-state index contributed by atoms with van der Waals surface area (Å²) in [6.07, 6.45) is 3.08. The van der Waals surface area contributed by atoms with Crippen LogP contribution in [0.1, 0.15) is 6.92 Å². The first-order valence-electron chi connectivity index (χ1n) is 7.78. The molecule has 0 spiro atoms. The molecule has 0 saturated heterocycles. The summed E-state index contributed by atoms with van der Waals surface area (Å²) >= 11 is 3.17. The lowest BCUT2D eigenvalue weighted by Crippen LogP contribution is -2.20. The average Bonchev–Trinajstić information content (AvgIpc) is 3.23. The Hall–Kier alpha value is -2.88. The molecule has 4 aromatic rings. The van der Waals surface area contributed by atoms with Crippen molar-refractivity contribution in [2.75, 3.05) is 0 Å². The lowest BCUT2D eigenvalue weighted by Gasteiger charge is -2.14. The second-order valence-corrected chi connectivity index (χ2v) is 6.47. The van der Waals surface area contributed by atoms with E-state index >= 15 is 0 Å². The number of hydrogen-bond donors (Lipinski definition) is 0. The number of halogens is 2. The van der Waals surface area contributed by atoms with Crippen molar-refractivity contribution < 1.29 is 9.13 Å². The predicted octanol–water partition coefficient (Wildman–Crippen LogP) is 2.75. The molecule has 0 unspecified atom stereocenters. The van der Waals surface area contributed by atoms with Gasteiger partial charge in [-0.3, -0.25) is 0 Å². The highest BCUT2D eigenvalue weighted by Crippen LogP contribution is 2.26. The Labute approximate surface area is 155 Å². The van der Waals surface area contributed by atoms with E-state index in [1.807, 2.05) is 31.2 Å². The fraction of sp³-hybridized carbons (Fsp3) is 0.188. The quantitative estimate of drug-likeness (QED) is 0.496. The first kappa shape index (κ1) is 16.6. The molecule has 0 saturated carbocycles. The van der Waals surface area contributed by atoms with Crippen LogP contribution in [0.4, 0.5) is 4.39 Å². The van der Waals surface area contributed by atoms with Crippen LogP contribution < -0.4 is 4.74 Å². The summed E-state index contributed by atoms with van der Waals surface area (Å²) in [6.45, 7) is 2.47. The summed E-state index contributed by atoms with van der Waals surface area (Å²) in [5, 5.41) is 14.8. The van der Waals surface area contributed by atoms with Crippen LogP contribution in [-0.4, -0.2) is 40.9 Å². The summed E-state index contributed by atoms with van der Waals surface area (Å²) in [5.74, 6) is 0.103. The van der Waals surface area contributed by atoms with Crippen LogP contribution in [0.3, 0.4) is 0 Å². The Kier molecular flexibility index (Phi) is 4.33. The minimum absolute atomic E-state index is 0.123. The molecule has 0 aliphatic heterocycles. The Morgan fingerprint density at radius 1 is 1.31 bits per heavy atom. The van der Waals surface area contributed by atoms with Crippen molar-refractivity contribution in [2.45, 2.75) is 19.6 Å². The number of rotatable bonds is 5. The summed E-state index contributed by atoms with van der Waals surface area (Å²) < 4.78 is 22.7. The van der Waals surface area contributed by atoms with E-state index in [-0.39, 0.29) is 10.6 Å². The number of fused-ring (bicyclic) bond motifs is 1. The van der Waals surface area contributed by atoms with E-state index < -0.39 is 5.95 Å². The van der Waals surface area contributed by atoms with Gasteiger partial charge in [0.2, 0.25) is 5.95 Å². The van der Waals surface area contributed by atoms with Gasteiger partial charge in [0.15, 0.2) is 5.65 Å². The predicted molar refractivity (Wildman–Crippen MR) is 94.0 cm³/mol. The molecular weight excluding hydrogens is 405 g/mol. The van der Waals surface area contributed by atoms with Crippen molar-refractivity contribution in [1.82, 2.24) is 34.8 Å². The highest BCUT2D eigenvalue weighted by Gasteiger charge is 2.13. The maximum absolute atomic E-state index is 13.6. The van der Waals surface area contributed by atoms with E-state index in [0.29, 0.717) is 23.6 Å². The number of hydrogen-bond acceptors (Lipinski definition) is 6. The van der Waals surface area contributed by atoms with Crippen molar-refractivity contribution in [3.05, 3.63) is 53.3 Å². The van der Waals surface area contributed by atoms with Gasteiger partial charge in [-0.2, -0.15) is 4.39 Å². The Balaban J connectivity index is 1.58. The first-order chi connectivity index (χ1) is 12.6. The average molecular weight is 418 g/mol. The molecule has 132 valence electrons. The largest absolute Gasteiger partial charge is 0.489 e. The van der Waals surface area contributed by atoms with E-state index in [4.69, 9.17) is 4.74 Å². The molecule has 1 atom stereocenters. The molecule has 26 heavy (non-hydrogen) atoms. The van der Waals surface area contributed by atoms with Gasteiger partial charge in [0.25, 0.3) is 0 Å². The van der Waals surface area contributed by atoms with Crippen molar-refractivity contribution in [3.63, 3.8) is 0 Å². The molecule has 0 aliphatic rings. The van der Waals surface area contributed by atoms with Crippen LogP contribution in [0.5, 0.6) is 5.75 Å². The zero-order valence-electron chi connectivity index (χ0n) is 13.6. The molecule has 0 bridgehead atoms. The van der Waals surface area contributed by atoms with Crippen molar-refractivity contribution in [3.8, 4) is 17.0 Å². The van der Waals surface area contributed by atoms with Gasteiger partial charge in [0, 0.05) is 11.8 Å². The van der Waals surface area contributed by atoms with Crippen LogP contribution in [0.25, 0.3) is 16.9 Å². The molecule has 1 aromatic carbocycles. The highest BCUT2D eigenvalue weighted by atomic mass is 79.9. The summed E-state index contributed by atoms with van der Waals surface area (Å²) in [7, 11) is 0. The summed E-state index contributed by atoms with van der Waals surface area (Å²) in [4.78, 5) is 4.47. The Bertz CT molecular complexity index is 1050. The van der Waals surface area contributed by atoms with E-state index in [1.165, 1.54) is 10.8 Å². The molecule has 0 N–H and O–H groups in total. The van der Waals surface area contributed by atoms with Gasteiger partial charge < -0.3 is 4.74 Å². The molecule has 4 rings (SSSR count). The molecule has 0 fully saturated rings. The van der Waals surface area contributed by atoms with Gasteiger partial charge in [-0.05, 0) is 51.5 Å². The van der Waals surface area contributed by atoms with E-state index in [1.54, 1.807) is 16.9 Å². The molecule has 10 heteroatoms. The fourth-order valence-electron chi connectivity index (χ4n) is 2.56. The van der Waals surface area contributed by atoms with Gasteiger partial charge in [-0.1, -0.05) is 12.1 Å². The standard InChI is InChI=1S/C16H13BrFN7O/c1-10(8-24-9-19-22-23-24)26-12-4-2-3-11(7-12)13-5-6-25-16(20-13)14(17)15(18)21-25/h2-7,9-10H,8H2,1H3/t10-/m0/s1. The van der Waals surface area contributed by atoms with Crippen molar-refractivity contribution in [2.24, 2.45) is 0 Å².